The lowest BCUT2D eigenvalue weighted by atomic mass is 9.93. The quantitative estimate of drug-likeness (QED) is 0.798. The van der Waals surface area contributed by atoms with Crippen molar-refractivity contribution in [3.05, 3.63) is 53.1 Å². The number of benzene rings is 2. The number of nitrogens with zero attached hydrogens (tertiary/aromatic N) is 1. The van der Waals surface area contributed by atoms with E-state index in [0.29, 0.717) is 17.4 Å². The predicted octanol–water partition coefficient (Wildman–Crippen LogP) is 4.34. The number of carbonyl (C=O) groups is 2. The van der Waals surface area contributed by atoms with Gasteiger partial charge < -0.3 is 14.8 Å². The zero-order chi connectivity index (χ0) is 22.1. The maximum Gasteiger partial charge on any atom is 0.417 e. The molecule has 6 nitrogen and oxygen atoms in total. The standard InChI is InChI=1S/C21H17F3N2O4/c1-20(2)9-17(27)15-6-5-14(8-18(15)30-20)29-11-19(28)26-13-4-3-12(10-25)16(7-13)21(22,23)24/h3-8H,9,11H2,1-2H3,(H,26,28). The van der Waals surface area contributed by atoms with Gasteiger partial charge in [-0.05, 0) is 44.2 Å². The number of hydrogen-bond donors (Lipinski definition) is 1. The molecule has 9 heteroatoms. The smallest absolute Gasteiger partial charge is 0.417 e. The molecule has 30 heavy (non-hydrogen) atoms. The van der Waals surface area contributed by atoms with Crippen molar-refractivity contribution in [1.29, 1.82) is 5.26 Å². The van der Waals surface area contributed by atoms with Gasteiger partial charge in [0, 0.05) is 11.8 Å². The Morgan fingerprint density at radius 1 is 1.27 bits per heavy atom. The van der Waals surface area contributed by atoms with E-state index in [9.17, 15) is 22.8 Å². The van der Waals surface area contributed by atoms with Gasteiger partial charge in [-0.1, -0.05) is 0 Å². The molecule has 2 aromatic carbocycles. The first-order valence-electron chi connectivity index (χ1n) is 8.89. The highest BCUT2D eigenvalue weighted by Gasteiger charge is 2.34. The van der Waals surface area contributed by atoms with E-state index in [1.54, 1.807) is 13.8 Å². The number of rotatable bonds is 4. The minimum Gasteiger partial charge on any atom is -0.486 e. The number of ether oxygens (including phenoxy) is 2. The number of hydrogen-bond acceptors (Lipinski definition) is 5. The van der Waals surface area contributed by atoms with Gasteiger partial charge in [0.25, 0.3) is 5.91 Å². The van der Waals surface area contributed by atoms with E-state index >= 15 is 0 Å². The average Bonchev–Trinajstić information content (AvgIpc) is 2.64. The maximum atomic E-state index is 13.0. The van der Waals surface area contributed by atoms with Gasteiger partial charge in [-0.3, -0.25) is 9.59 Å². The van der Waals surface area contributed by atoms with Gasteiger partial charge in [-0.2, -0.15) is 18.4 Å². The molecule has 0 aliphatic carbocycles. The lowest BCUT2D eigenvalue weighted by Gasteiger charge is -2.31. The van der Waals surface area contributed by atoms with E-state index in [2.05, 4.69) is 5.32 Å². The minimum atomic E-state index is -4.73. The largest absolute Gasteiger partial charge is 0.486 e. The average molecular weight is 418 g/mol. The second kappa shape index (κ2) is 7.71. The number of Topliss-reactive ketones (excluding diaryl/α,β-unsaturated/α-hetero) is 1. The van der Waals surface area contributed by atoms with Gasteiger partial charge in [0.05, 0.1) is 29.2 Å². The number of amides is 1. The van der Waals surface area contributed by atoms with Crippen molar-refractivity contribution < 1.29 is 32.2 Å². The summed E-state index contributed by atoms with van der Waals surface area (Å²) in [6.45, 7) is 3.08. The fourth-order valence-electron chi connectivity index (χ4n) is 3.02. The van der Waals surface area contributed by atoms with Crippen LogP contribution in [0.5, 0.6) is 11.5 Å². The zero-order valence-corrected chi connectivity index (χ0v) is 16.1. The summed E-state index contributed by atoms with van der Waals surface area (Å²) in [6.07, 6.45) is -4.48. The second-order valence-corrected chi connectivity index (χ2v) is 7.33. The predicted molar refractivity (Wildman–Crippen MR) is 100 cm³/mol. The number of nitriles is 1. The maximum absolute atomic E-state index is 13.0. The normalized spacial score (nSPS) is 14.9. The van der Waals surface area contributed by atoms with Gasteiger partial charge in [-0.15, -0.1) is 0 Å². The van der Waals surface area contributed by atoms with E-state index in [4.69, 9.17) is 14.7 Å². The Bertz CT molecular complexity index is 1060. The summed E-state index contributed by atoms with van der Waals surface area (Å²) in [7, 11) is 0. The monoisotopic (exact) mass is 418 g/mol. The molecular weight excluding hydrogens is 401 g/mol. The van der Waals surface area contributed by atoms with E-state index in [0.717, 1.165) is 6.07 Å². The Morgan fingerprint density at radius 3 is 2.67 bits per heavy atom. The van der Waals surface area contributed by atoms with Gasteiger partial charge in [0.15, 0.2) is 12.4 Å². The Morgan fingerprint density at radius 2 is 2.00 bits per heavy atom. The molecule has 2 aromatic rings. The fraction of sp³-hybridized carbons (Fsp3) is 0.286. The highest BCUT2D eigenvalue weighted by atomic mass is 19.4. The Kier molecular flexibility index (Phi) is 5.44. The van der Waals surface area contributed by atoms with Crippen LogP contribution in [0, 0.1) is 11.3 Å². The number of fused-ring (bicyclic) bond motifs is 1. The molecule has 1 heterocycles. The van der Waals surface area contributed by atoms with E-state index in [-0.39, 0.29) is 23.6 Å². The molecule has 0 unspecified atom stereocenters. The first-order chi connectivity index (χ1) is 14.0. The van der Waals surface area contributed by atoms with Crippen LogP contribution in [0.25, 0.3) is 0 Å². The summed E-state index contributed by atoms with van der Waals surface area (Å²) < 4.78 is 50.2. The molecule has 0 bridgehead atoms. The first-order valence-corrected chi connectivity index (χ1v) is 8.89. The minimum absolute atomic E-state index is 0.0631. The molecule has 0 aromatic heterocycles. The Labute approximate surface area is 170 Å². The molecule has 1 N–H and O–H groups in total. The molecule has 1 aliphatic heterocycles. The third-order valence-corrected chi connectivity index (χ3v) is 4.33. The lowest BCUT2D eigenvalue weighted by Crippen LogP contribution is -2.35. The van der Waals surface area contributed by atoms with Crippen molar-refractivity contribution in [2.45, 2.75) is 32.0 Å². The number of anilines is 1. The molecule has 0 atom stereocenters. The van der Waals surface area contributed by atoms with E-state index in [1.807, 2.05) is 0 Å². The first kappa shape index (κ1) is 21.2. The number of nitrogens with one attached hydrogen (secondary N) is 1. The van der Waals surface area contributed by atoms with Crippen LogP contribution in [0.4, 0.5) is 18.9 Å². The SMILES string of the molecule is CC1(C)CC(=O)c2ccc(OCC(=O)Nc3ccc(C#N)c(C(F)(F)F)c3)cc2O1. The molecule has 0 spiro atoms. The molecule has 1 aliphatic rings. The Balaban J connectivity index is 1.67. The van der Waals surface area contributed by atoms with Crippen LogP contribution >= 0.6 is 0 Å². The fourth-order valence-corrected chi connectivity index (χ4v) is 3.02. The summed E-state index contributed by atoms with van der Waals surface area (Å²) in [4.78, 5) is 24.2. The number of alkyl halides is 3. The topological polar surface area (TPSA) is 88.4 Å². The highest BCUT2D eigenvalue weighted by molar-refractivity contribution is 6.00. The summed E-state index contributed by atoms with van der Waals surface area (Å²) in [5.41, 5.74) is -2.03. The Hall–Kier alpha value is -3.54. The van der Waals surface area contributed by atoms with Crippen LogP contribution < -0.4 is 14.8 Å². The van der Waals surface area contributed by atoms with Crippen molar-refractivity contribution in [1.82, 2.24) is 0 Å². The number of halogens is 3. The highest BCUT2D eigenvalue weighted by Crippen LogP contribution is 2.36. The second-order valence-electron chi connectivity index (χ2n) is 7.33. The van der Waals surface area contributed by atoms with Crippen molar-refractivity contribution in [2.75, 3.05) is 11.9 Å². The van der Waals surface area contributed by atoms with Crippen LogP contribution in [0.2, 0.25) is 0 Å². The van der Waals surface area contributed by atoms with Gasteiger partial charge in [-0.25, -0.2) is 0 Å². The van der Waals surface area contributed by atoms with Crippen molar-refractivity contribution >= 4 is 17.4 Å². The van der Waals surface area contributed by atoms with Gasteiger partial charge in [0.1, 0.15) is 17.1 Å². The van der Waals surface area contributed by atoms with Crippen molar-refractivity contribution in [3.8, 4) is 17.6 Å². The van der Waals surface area contributed by atoms with Crippen molar-refractivity contribution in [2.24, 2.45) is 0 Å². The van der Waals surface area contributed by atoms with Crippen LogP contribution in [-0.4, -0.2) is 23.9 Å². The lowest BCUT2D eigenvalue weighted by molar-refractivity contribution is -0.137. The summed E-state index contributed by atoms with van der Waals surface area (Å²) in [5.74, 6) is -0.143. The third kappa shape index (κ3) is 4.71. The van der Waals surface area contributed by atoms with Gasteiger partial charge in [0.2, 0.25) is 0 Å². The molecule has 0 radical (unpaired) electrons. The molecule has 156 valence electrons. The molecule has 1 amide bonds. The third-order valence-electron chi connectivity index (χ3n) is 4.33. The van der Waals surface area contributed by atoms with Crippen LogP contribution in [0.3, 0.4) is 0 Å². The molecule has 0 saturated heterocycles. The van der Waals surface area contributed by atoms with E-state index < -0.39 is 35.4 Å². The van der Waals surface area contributed by atoms with Crippen LogP contribution in [0.1, 0.15) is 41.8 Å². The molecule has 0 fully saturated rings. The zero-order valence-electron chi connectivity index (χ0n) is 16.1. The molecule has 0 saturated carbocycles. The van der Waals surface area contributed by atoms with E-state index in [1.165, 1.54) is 30.3 Å². The summed E-state index contributed by atoms with van der Waals surface area (Å²) >= 11 is 0. The van der Waals surface area contributed by atoms with Crippen LogP contribution in [-0.2, 0) is 11.0 Å². The number of carbonyl (C=O) groups excluding carboxylic acids is 2. The van der Waals surface area contributed by atoms with Crippen LogP contribution in [0.15, 0.2) is 36.4 Å². The molecule has 3 rings (SSSR count). The summed E-state index contributed by atoms with van der Waals surface area (Å²) in [5, 5.41) is 11.1. The molecular formula is C21H17F3N2O4. The van der Waals surface area contributed by atoms with Crippen molar-refractivity contribution in [3.63, 3.8) is 0 Å². The summed E-state index contributed by atoms with van der Waals surface area (Å²) in [6, 6.07) is 8.88. The van der Waals surface area contributed by atoms with Gasteiger partial charge >= 0.3 is 6.18 Å². The number of ketones is 1.